The molecule has 0 saturated carbocycles. The lowest BCUT2D eigenvalue weighted by molar-refractivity contribution is 1.06. The van der Waals surface area contributed by atoms with Crippen molar-refractivity contribution in [3.63, 3.8) is 0 Å². The summed E-state index contributed by atoms with van der Waals surface area (Å²) in [6.45, 7) is 3.67. The zero-order chi connectivity index (χ0) is 14.1. The number of aromatic amines is 1. The van der Waals surface area contributed by atoms with Crippen molar-refractivity contribution in [3.8, 4) is 11.5 Å². The number of fused-ring (bicyclic) bond motifs is 1. The van der Waals surface area contributed by atoms with Gasteiger partial charge in [-0.15, -0.1) is 6.58 Å². The smallest absolute Gasteiger partial charge is 0.181 e. The molecule has 0 bridgehead atoms. The minimum Gasteiger partial charge on any atom is -0.383 e. The average Bonchev–Trinajstić information content (AvgIpc) is 2.84. The van der Waals surface area contributed by atoms with E-state index in [1.807, 2.05) is 0 Å². The van der Waals surface area contributed by atoms with Gasteiger partial charge in [-0.3, -0.25) is 5.10 Å². The predicted molar refractivity (Wildman–Crippen MR) is 78.2 cm³/mol. The van der Waals surface area contributed by atoms with Crippen LogP contribution in [0.1, 0.15) is 5.56 Å². The Morgan fingerprint density at radius 3 is 2.95 bits per heavy atom. The molecule has 7 heteroatoms. The minimum atomic E-state index is 0.424. The first-order chi connectivity index (χ1) is 9.69. The van der Waals surface area contributed by atoms with Crippen LogP contribution in [0.15, 0.2) is 31.1 Å². The summed E-state index contributed by atoms with van der Waals surface area (Å²) >= 11 is 5.95. The lowest BCUT2D eigenvalue weighted by atomic mass is 10.2. The summed E-state index contributed by atoms with van der Waals surface area (Å²) in [4.78, 5) is 12.7. The maximum atomic E-state index is 5.95. The van der Waals surface area contributed by atoms with Crippen molar-refractivity contribution in [2.24, 2.45) is 0 Å². The van der Waals surface area contributed by atoms with Gasteiger partial charge in [-0.25, -0.2) is 15.0 Å². The molecule has 20 heavy (non-hydrogen) atoms. The molecule has 0 atom stereocenters. The molecule has 0 radical (unpaired) electrons. The third-order valence-corrected chi connectivity index (χ3v) is 3.07. The van der Waals surface area contributed by atoms with Crippen molar-refractivity contribution in [2.45, 2.75) is 6.42 Å². The molecular weight excluding hydrogens is 276 g/mol. The molecule has 0 saturated heterocycles. The van der Waals surface area contributed by atoms with Crippen LogP contribution >= 0.6 is 11.6 Å². The molecule has 3 N–H and O–H groups in total. The van der Waals surface area contributed by atoms with Crippen LogP contribution in [0.3, 0.4) is 0 Å². The van der Waals surface area contributed by atoms with Crippen molar-refractivity contribution in [3.05, 3.63) is 41.7 Å². The van der Waals surface area contributed by atoms with Gasteiger partial charge in [0, 0.05) is 18.0 Å². The molecule has 0 aliphatic heterocycles. The number of aromatic nitrogens is 5. The van der Waals surface area contributed by atoms with E-state index in [1.165, 1.54) is 6.20 Å². The Balaban J connectivity index is 2.13. The fraction of sp³-hybridized carbons (Fsp3) is 0.0769. The van der Waals surface area contributed by atoms with Gasteiger partial charge >= 0.3 is 0 Å². The maximum Gasteiger partial charge on any atom is 0.181 e. The third kappa shape index (κ3) is 2.10. The fourth-order valence-corrected chi connectivity index (χ4v) is 2.06. The van der Waals surface area contributed by atoms with E-state index >= 15 is 0 Å². The topological polar surface area (TPSA) is 93.4 Å². The zero-order valence-corrected chi connectivity index (χ0v) is 11.2. The molecular formula is C13H11ClN6. The fourth-order valence-electron chi connectivity index (χ4n) is 1.90. The lowest BCUT2D eigenvalue weighted by Gasteiger charge is -2.03. The van der Waals surface area contributed by atoms with Crippen LogP contribution in [-0.2, 0) is 6.42 Å². The summed E-state index contributed by atoms with van der Waals surface area (Å²) in [5.74, 6) is 0.884. The maximum absolute atomic E-state index is 5.95. The molecule has 0 amide bonds. The Bertz CT molecular complexity index is 795. The van der Waals surface area contributed by atoms with Gasteiger partial charge in [-0.05, 0) is 12.5 Å². The van der Waals surface area contributed by atoms with Crippen molar-refractivity contribution < 1.29 is 0 Å². The highest BCUT2D eigenvalue weighted by Gasteiger charge is 2.13. The second-order valence-corrected chi connectivity index (χ2v) is 4.66. The Hall–Kier alpha value is -2.47. The number of hydrogen-bond acceptors (Lipinski definition) is 5. The molecule has 0 aliphatic rings. The summed E-state index contributed by atoms with van der Waals surface area (Å²) in [6.07, 6.45) is 5.61. The summed E-state index contributed by atoms with van der Waals surface area (Å²) in [7, 11) is 0. The number of halogens is 1. The second-order valence-electron chi connectivity index (χ2n) is 4.22. The Kier molecular flexibility index (Phi) is 3.08. The van der Waals surface area contributed by atoms with Gasteiger partial charge in [-0.2, -0.15) is 5.10 Å². The zero-order valence-electron chi connectivity index (χ0n) is 10.5. The highest BCUT2D eigenvalue weighted by Crippen LogP contribution is 2.25. The van der Waals surface area contributed by atoms with Gasteiger partial charge in [0.15, 0.2) is 11.5 Å². The van der Waals surface area contributed by atoms with Gasteiger partial charge in [0.25, 0.3) is 0 Å². The van der Waals surface area contributed by atoms with Gasteiger partial charge in [-0.1, -0.05) is 17.7 Å². The number of pyridine rings is 1. The van der Waals surface area contributed by atoms with Crippen LogP contribution in [-0.4, -0.2) is 25.1 Å². The number of hydrogen-bond donors (Lipinski definition) is 2. The molecule has 6 nitrogen and oxygen atoms in total. The molecule has 3 aromatic rings. The lowest BCUT2D eigenvalue weighted by Crippen LogP contribution is -2.01. The molecule has 3 heterocycles. The number of nitrogens with zero attached hydrogens (tertiary/aromatic N) is 4. The van der Waals surface area contributed by atoms with E-state index in [9.17, 15) is 0 Å². The number of rotatable bonds is 3. The standard InChI is InChI=1S/C13H11ClN6/c1-2-3-7-5-16-13(18-11(7)15)10-9-4-8(14)6-17-12(9)20-19-10/h2,4-6H,1,3H2,(H2,15,16,18)(H,17,19,20). The number of nitrogens with one attached hydrogen (secondary N) is 1. The van der Waals surface area contributed by atoms with Crippen molar-refractivity contribution in [1.29, 1.82) is 0 Å². The van der Waals surface area contributed by atoms with E-state index in [2.05, 4.69) is 31.7 Å². The number of H-pyrrole nitrogens is 1. The van der Waals surface area contributed by atoms with Crippen LogP contribution in [0.2, 0.25) is 5.02 Å². The van der Waals surface area contributed by atoms with Crippen molar-refractivity contribution >= 4 is 28.5 Å². The SMILES string of the molecule is C=CCc1cnc(-c2[nH]nc3ncc(Cl)cc23)nc1N. The second kappa shape index (κ2) is 4.90. The van der Waals surface area contributed by atoms with E-state index in [0.717, 1.165) is 10.9 Å². The molecule has 0 fully saturated rings. The molecule has 0 spiro atoms. The minimum absolute atomic E-state index is 0.424. The first kappa shape index (κ1) is 12.6. The van der Waals surface area contributed by atoms with E-state index in [0.29, 0.717) is 34.4 Å². The predicted octanol–water partition coefficient (Wildman–Crippen LogP) is 2.38. The van der Waals surface area contributed by atoms with Crippen molar-refractivity contribution in [1.82, 2.24) is 25.1 Å². The molecule has 100 valence electrons. The Morgan fingerprint density at radius 2 is 2.20 bits per heavy atom. The van der Waals surface area contributed by atoms with Crippen LogP contribution < -0.4 is 5.73 Å². The number of anilines is 1. The normalized spacial score (nSPS) is 10.8. The summed E-state index contributed by atoms with van der Waals surface area (Å²) in [6, 6.07) is 1.76. The molecule has 3 aromatic heterocycles. The van der Waals surface area contributed by atoms with Crippen LogP contribution in [0.25, 0.3) is 22.6 Å². The van der Waals surface area contributed by atoms with Gasteiger partial charge < -0.3 is 5.73 Å². The quantitative estimate of drug-likeness (QED) is 0.721. The monoisotopic (exact) mass is 286 g/mol. The van der Waals surface area contributed by atoms with Gasteiger partial charge in [0.05, 0.1) is 10.4 Å². The Morgan fingerprint density at radius 1 is 1.35 bits per heavy atom. The summed E-state index contributed by atoms with van der Waals surface area (Å²) in [5.41, 5.74) is 7.95. The average molecular weight is 287 g/mol. The van der Waals surface area contributed by atoms with E-state index in [4.69, 9.17) is 17.3 Å². The largest absolute Gasteiger partial charge is 0.383 e. The molecule has 3 rings (SSSR count). The van der Waals surface area contributed by atoms with Crippen LogP contribution in [0.4, 0.5) is 5.82 Å². The molecule has 0 aliphatic carbocycles. The van der Waals surface area contributed by atoms with E-state index in [1.54, 1.807) is 18.3 Å². The number of nitrogen functional groups attached to an aromatic ring is 1. The van der Waals surface area contributed by atoms with E-state index in [-0.39, 0.29) is 0 Å². The highest BCUT2D eigenvalue weighted by atomic mass is 35.5. The number of allylic oxidation sites excluding steroid dienone is 1. The summed E-state index contributed by atoms with van der Waals surface area (Å²) in [5, 5.41) is 8.24. The van der Waals surface area contributed by atoms with Gasteiger partial charge in [0.2, 0.25) is 0 Å². The number of nitrogens with two attached hydrogens (primary N) is 1. The van der Waals surface area contributed by atoms with Crippen LogP contribution in [0.5, 0.6) is 0 Å². The first-order valence-corrected chi connectivity index (χ1v) is 6.29. The highest BCUT2D eigenvalue weighted by molar-refractivity contribution is 6.31. The third-order valence-electron chi connectivity index (χ3n) is 2.86. The Labute approximate surface area is 119 Å². The van der Waals surface area contributed by atoms with Crippen LogP contribution in [0, 0.1) is 0 Å². The van der Waals surface area contributed by atoms with Gasteiger partial charge in [0.1, 0.15) is 11.5 Å². The van der Waals surface area contributed by atoms with E-state index < -0.39 is 0 Å². The molecule has 0 aromatic carbocycles. The first-order valence-electron chi connectivity index (χ1n) is 5.91. The van der Waals surface area contributed by atoms with Crippen molar-refractivity contribution in [2.75, 3.05) is 5.73 Å². The summed E-state index contributed by atoms with van der Waals surface area (Å²) < 4.78 is 0. The molecule has 0 unspecified atom stereocenters.